The van der Waals surface area contributed by atoms with E-state index in [1.165, 1.54) is 11.6 Å². The van der Waals surface area contributed by atoms with E-state index < -0.39 is 39.2 Å². The maximum atomic E-state index is 13.0. The number of aryl methyl sites for hydroxylation is 1. The number of hydrogen-bond acceptors (Lipinski definition) is 3. The Hall–Kier alpha value is -3.02. The van der Waals surface area contributed by atoms with Crippen LogP contribution in [0.15, 0.2) is 59.6 Å². The van der Waals surface area contributed by atoms with Crippen LogP contribution in [-0.4, -0.2) is 18.2 Å². The number of sulfonamides is 1. The first-order chi connectivity index (χ1) is 14.3. The number of alkyl halides is 6. The summed E-state index contributed by atoms with van der Waals surface area (Å²) >= 11 is 0. The summed E-state index contributed by atoms with van der Waals surface area (Å²) in [6.07, 6.45) is -9.04. The van der Waals surface area contributed by atoms with Crippen LogP contribution in [0.1, 0.15) is 22.4 Å². The van der Waals surface area contributed by atoms with Gasteiger partial charge >= 0.3 is 12.4 Å². The molecule has 31 heavy (non-hydrogen) atoms. The van der Waals surface area contributed by atoms with Crippen LogP contribution in [0.25, 0.3) is 0 Å². The highest BCUT2D eigenvalue weighted by Gasteiger charge is 2.37. The van der Waals surface area contributed by atoms with Crippen LogP contribution < -0.4 is 4.72 Å². The zero-order chi connectivity index (χ0) is 23.0. The molecule has 0 atom stereocenters. The fraction of sp³-hybridized carbons (Fsp3) is 0.211. The maximum Gasteiger partial charge on any atom is 0.416 e. The molecule has 0 unspecified atom stereocenters. The van der Waals surface area contributed by atoms with Crippen molar-refractivity contribution < 1.29 is 34.8 Å². The summed E-state index contributed by atoms with van der Waals surface area (Å²) in [6, 6.07) is 9.43. The van der Waals surface area contributed by atoms with Crippen LogP contribution in [0.3, 0.4) is 0 Å². The molecule has 166 valence electrons. The maximum absolute atomic E-state index is 13.0. The predicted octanol–water partition coefficient (Wildman–Crippen LogP) is 5.08. The minimum Gasteiger partial charge on any atom is -0.279 e. The molecule has 1 heterocycles. The average Bonchev–Trinajstić information content (AvgIpc) is 3.01. The second-order valence-electron chi connectivity index (χ2n) is 6.66. The SMILES string of the molecule is Cc1nn(Cc2ccccc2)cc1S(=O)(=O)Nc1cc(C(F)(F)F)cc(C(F)(F)F)c1. The van der Waals surface area contributed by atoms with Crippen LogP contribution >= 0.6 is 0 Å². The quantitative estimate of drug-likeness (QED) is 0.537. The lowest BCUT2D eigenvalue weighted by molar-refractivity contribution is -0.143. The Morgan fingerprint density at radius 3 is 2.00 bits per heavy atom. The smallest absolute Gasteiger partial charge is 0.279 e. The summed E-state index contributed by atoms with van der Waals surface area (Å²) in [4.78, 5) is -0.366. The molecule has 0 amide bonds. The number of nitrogens with one attached hydrogen (secondary N) is 1. The van der Waals surface area contributed by atoms with Crippen molar-refractivity contribution in [3.05, 3.63) is 77.1 Å². The number of halogens is 6. The number of hydrogen-bond donors (Lipinski definition) is 1. The highest BCUT2D eigenvalue weighted by atomic mass is 32.2. The Balaban J connectivity index is 1.95. The summed E-state index contributed by atoms with van der Waals surface area (Å²) in [5.74, 6) is 0. The topological polar surface area (TPSA) is 64.0 Å². The van der Waals surface area contributed by atoms with Crippen molar-refractivity contribution >= 4 is 15.7 Å². The first-order valence-electron chi connectivity index (χ1n) is 8.66. The molecule has 0 aliphatic rings. The third-order valence-electron chi connectivity index (χ3n) is 4.22. The molecule has 3 rings (SSSR count). The summed E-state index contributed by atoms with van der Waals surface area (Å²) in [5, 5.41) is 4.06. The van der Waals surface area contributed by atoms with Gasteiger partial charge in [-0.2, -0.15) is 31.4 Å². The van der Waals surface area contributed by atoms with E-state index >= 15 is 0 Å². The molecule has 0 aliphatic heterocycles. The van der Waals surface area contributed by atoms with Crippen molar-refractivity contribution in [2.24, 2.45) is 0 Å². The number of nitrogens with zero attached hydrogens (tertiary/aromatic N) is 2. The molecule has 12 heteroatoms. The van der Waals surface area contributed by atoms with Gasteiger partial charge in [0.2, 0.25) is 0 Å². The molecule has 0 saturated heterocycles. The summed E-state index contributed by atoms with van der Waals surface area (Å²) in [7, 11) is -4.51. The third kappa shape index (κ3) is 5.37. The van der Waals surface area contributed by atoms with Gasteiger partial charge in [-0.05, 0) is 30.7 Å². The van der Waals surface area contributed by atoms with E-state index in [9.17, 15) is 34.8 Å². The van der Waals surface area contributed by atoms with Gasteiger partial charge in [0.25, 0.3) is 10.0 Å². The van der Waals surface area contributed by atoms with Crippen LogP contribution in [0.2, 0.25) is 0 Å². The Morgan fingerprint density at radius 2 is 1.48 bits per heavy atom. The van der Waals surface area contributed by atoms with E-state index in [1.54, 1.807) is 35.1 Å². The van der Waals surface area contributed by atoms with Crippen LogP contribution in [0.4, 0.5) is 32.0 Å². The van der Waals surface area contributed by atoms with Crippen molar-refractivity contribution in [3.63, 3.8) is 0 Å². The lowest BCUT2D eigenvalue weighted by Gasteiger charge is -2.15. The van der Waals surface area contributed by atoms with E-state index in [4.69, 9.17) is 0 Å². The third-order valence-corrected chi connectivity index (χ3v) is 5.70. The molecule has 3 aromatic rings. The number of aromatic nitrogens is 2. The van der Waals surface area contributed by atoms with Crippen molar-refractivity contribution in [1.29, 1.82) is 0 Å². The molecule has 0 saturated carbocycles. The zero-order valence-corrected chi connectivity index (χ0v) is 16.6. The van der Waals surface area contributed by atoms with Gasteiger partial charge in [-0.25, -0.2) is 8.42 Å². The van der Waals surface area contributed by atoms with Crippen molar-refractivity contribution in [3.8, 4) is 0 Å². The number of benzene rings is 2. The van der Waals surface area contributed by atoms with Gasteiger partial charge in [-0.3, -0.25) is 9.40 Å². The molecular weight excluding hydrogens is 448 g/mol. The van der Waals surface area contributed by atoms with Crippen LogP contribution in [0, 0.1) is 6.92 Å². The summed E-state index contributed by atoms with van der Waals surface area (Å²) in [6.45, 7) is 1.59. The normalized spacial score (nSPS) is 12.7. The van der Waals surface area contributed by atoms with Gasteiger partial charge in [-0.1, -0.05) is 30.3 Å². The number of rotatable bonds is 5. The Morgan fingerprint density at radius 1 is 0.935 bits per heavy atom. The van der Waals surface area contributed by atoms with Gasteiger partial charge < -0.3 is 0 Å². The molecule has 0 fully saturated rings. The van der Waals surface area contributed by atoms with Crippen molar-refractivity contribution in [2.45, 2.75) is 30.7 Å². The van der Waals surface area contributed by atoms with E-state index in [0.29, 0.717) is 12.1 Å². The lowest BCUT2D eigenvalue weighted by Crippen LogP contribution is -2.16. The molecule has 0 radical (unpaired) electrons. The molecule has 2 aromatic carbocycles. The average molecular weight is 463 g/mol. The molecular formula is C19H15F6N3O2S. The van der Waals surface area contributed by atoms with Gasteiger partial charge in [0.1, 0.15) is 4.90 Å². The second kappa shape index (κ2) is 7.91. The molecule has 5 nitrogen and oxygen atoms in total. The highest BCUT2D eigenvalue weighted by Crippen LogP contribution is 2.38. The van der Waals surface area contributed by atoms with Gasteiger partial charge in [0.15, 0.2) is 0 Å². The molecule has 0 aliphatic carbocycles. The van der Waals surface area contributed by atoms with Crippen LogP contribution in [0.5, 0.6) is 0 Å². The van der Waals surface area contributed by atoms with Crippen molar-refractivity contribution in [2.75, 3.05) is 4.72 Å². The Labute approximate surface area is 173 Å². The Kier molecular flexibility index (Phi) is 5.78. The van der Waals surface area contributed by atoms with Crippen molar-refractivity contribution in [1.82, 2.24) is 9.78 Å². The van der Waals surface area contributed by atoms with E-state index in [0.717, 1.165) is 11.8 Å². The molecule has 1 N–H and O–H groups in total. The highest BCUT2D eigenvalue weighted by molar-refractivity contribution is 7.92. The predicted molar refractivity (Wildman–Crippen MR) is 99.8 cm³/mol. The second-order valence-corrected chi connectivity index (χ2v) is 8.31. The minimum absolute atomic E-state index is 0.0338. The van der Waals surface area contributed by atoms with E-state index in [-0.39, 0.29) is 23.2 Å². The summed E-state index contributed by atoms with van der Waals surface area (Å²) in [5.41, 5.74) is -3.27. The zero-order valence-electron chi connectivity index (χ0n) is 15.8. The molecule has 0 spiro atoms. The lowest BCUT2D eigenvalue weighted by atomic mass is 10.1. The monoisotopic (exact) mass is 463 g/mol. The standard InChI is InChI=1S/C19H15F6N3O2S/c1-12-17(11-28(26-12)10-13-5-3-2-4-6-13)31(29,30)27-16-8-14(18(20,21)22)7-15(9-16)19(23,24)25/h2-9,11,27H,10H2,1H3. The summed E-state index contributed by atoms with van der Waals surface area (Å²) < 4.78 is 107. The van der Waals surface area contributed by atoms with E-state index in [1.807, 2.05) is 0 Å². The first kappa shape index (κ1) is 22.7. The fourth-order valence-corrected chi connectivity index (χ4v) is 4.07. The van der Waals surface area contributed by atoms with Gasteiger partial charge in [-0.15, -0.1) is 0 Å². The van der Waals surface area contributed by atoms with Gasteiger partial charge in [0, 0.05) is 6.20 Å². The molecule has 0 bridgehead atoms. The largest absolute Gasteiger partial charge is 0.416 e. The first-order valence-corrected chi connectivity index (χ1v) is 10.1. The molecule has 1 aromatic heterocycles. The number of anilines is 1. The van der Waals surface area contributed by atoms with Crippen LogP contribution in [-0.2, 0) is 28.9 Å². The Bertz CT molecular complexity index is 1150. The minimum atomic E-state index is -5.10. The van der Waals surface area contributed by atoms with Gasteiger partial charge in [0.05, 0.1) is 29.1 Å². The van der Waals surface area contributed by atoms with E-state index in [2.05, 4.69) is 5.10 Å². The fourth-order valence-electron chi connectivity index (χ4n) is 2.84.